The largest absolute Gasteiger partial charge is 0.506 e. The predicted octanol–water partition coefficient (Wildman–Crippen LogP) is 2.37. The highest BCUT2D eigenvalue weighted by atomic mass is 16.5. The van der Waals surface area contributed by atoms with Gasteiger partial charge in [0.2, 0.25) is 0 Å². The first-order chi connectivity index (χ1) is 10.6. The van der Waals surface area contributed by atoms with Crippen molar-refractivity contribution in [3.8, 4) is 11.5 Å². The van der Waals surface area contributed by atoms with Crippen molar-refractivity contribution >= 4 is 23.2 Å². The number of nitrogens with one attached hydrogen (secondary N) is 2. The van der Waals surface area contributed by atoms with Gasteiger partial charge in [-0.2, -0.15) is 0 Å². The first-order valence-electron chi connectivity index (χ1n) is 6.74. The van der Waals surface area contributed by atoms with E-state index in [1.165, 1.54) is 12.1 Å². The van der Waals surface area contributed by atoms with Crippen molar-refractivity contribution in [3.05, 3.63) is 48.5 Å². The summed E-state index contributed by atoms with van der Waals surface area (Å²) in [5.74, 6) is -1.37. The summed E-state index contributed by atoms with van der Waals surface area (Å²) in [5.41, 5.74) is 0.572. The number of rotatable bonds is 4. The van der Waals surface area contributed by atoms with Crippen LogP contribution in [0.25, 0.3) is 0 Å². The van der Waals surface area contributed by atoms with Crippen LogP contribution in [0.1, 0.15) is 6.92 Å². The minimum Gasteiger partial charge on any atom is -0.506 e. The summed E-state index contributed by atoms with van der Waals surface area (Å²) < 4.78 is 5.37. The maximum absolute atomic E-state index is 11.9. The summed E-state index contributed by atoms with van der Waals surface area (Å²) in [7, 11) is 0. The number of carbonyl (C=O) groups excluding carboxylic acids is 2. The lowest BCUT2D eigenvalue weighted by atomic mass is 10.2. The zero-order valence-corrected chi connectivity index (χ0v) is 12.0. The Balaban J connectivity index is 2.06. The third-order valence-electron chi connectivity index (χ3n) is 2.79. The van der Waals surface area contributed by atoms with Crippen LogP contribution in [0.4, 0.5) is 11.4 Å². The van der Waals surface area contributed by atoms with E-state index in [1.807, 2.05) is 6.92 Å². The van der Waals surface area contributed by atoms with Crippen LogP contribution in [0.2, 0.25) is 0 Å². The number of amides is 2. The molecule has 114 valence electrons. The summed E-state index contributed by atoms with van der Waals surface area (Å²) in [6.45, 7) is 2.26. The molecule has 0 aromatic heterocycles. The fraction of sp³-hybridized carbons (Fsp3) is 0.125. The Morgan fingerprint density at radius 2 is 1.50 bits per heavy atom. The Morgan fingerprint density at radius 1 is 0.955 bits per heavy atom. The molecule has 0 saturated heterocycles. The number of benzene rings is 2. The van der Waals surface area contributed by atoms with E-state index >= 15 is 0 Å². The first-order valence-corrected chi connectivity index (χ1v) is 6.74. The highest BCUT2D eigenvalue weighted by Gasteiger charge is 2.17. The molecule has 0 unspecified atom stereocenters. The number of ether oxygens (including phenoxy) is 1. The van der Waals surface area contributed by atoms with Crippen LogP contribution >= 0.6 is 0 Å². The second kappa shape index (κ2) is 7.12. The molecule has 0 spiro atoms. The van der Waals surface area contributed by atoms with Crippen LogP contribution in [0.5, 0.6) is 11.5 Å². The van der Waals surface area contributed by atoms with Gasteiger partial charge in [0.25, 0.3) is 0 Å². The quantitative estimate of drug-likeness (QED) is 0.597. The number of para-hydroxylation sites is 4. The molecule has 3 N–H and O–H groups in total. The van der Waals surface area contributed by atoms with Crippen molar-refractivity contribution in [3.63, 3.8) is 0 Å². The average Bonchev–Trinajstić information content (AvgIpc) is 2.51. The number of phenolic OH excluding ortho intramolecular Hbond substituents is 1. The van der Waals surface area contributed by atoms with Gasteiger partial charge in [-0.05, 0) is 31.2 Å². The van der Waals surface area contributed by atoms with Crippen LogP contribution in [0, 0.1) is 0 Å². The SMILES string of the molecule is CCOc1ccccc1NC(=O)C(=O)Nc1ccccc1O. The number of anilines is 2. The third kappa shape index (κ3) is 3.76. The van der Waals surface area contributed by atoms with E-state index in [1.54, 1.807) is 36.4 Å². The normalized spacial score (nSPS) is 9.86. The summed E-state index contributed by atoms with van der Waals surface area (Å²) in [5, 5.41) is 14.4. The lowest BCUT2D eigenvalue weighted by molar-refractivity contribution is -0.133. The predicted molar refractivity (Wildman–Crippen MR) is 83.0 cm³/mol. The van der Waals surface area contributed by atoms with E-state index in [2.05, 4.69) is 10.6 Å². The van der Waals surface area contributed by atoms with E-state index in [9.17, 15) is 14.7 Å². The van der Waals surface area contributed by atoms with Gasteiger partial charge in [0.1, 0.15) is 11.5 Å². The van der Waals surface area contributed by atoms with Gasteiger partial charge in [0.05, 0.1) is 18.0 Å². The summed E-state index contributed by atoms with van der Waals surface area (Å²) in [4.78, 5) is 23.8. The number of hydrogen-bond acceptors (Lipinski definition) is 4. The summed E-state index contributed by atoms with van der Waals surface area (Å²) in [6, 6.07) is 13.0. The Bertz CT molecular complexity index is 685. The zero-order chi connectivity index (χ0) is 15.9. The molecule has 0 aliphatic heterocycles. The van der Waals surface area contributed by atoms with Gasteiger partial charge in [0.15, 0.2) is 0 Å². The molecule has 2 amide bonds. The van der Waals surface area contributed by atoms with E-state index in [0.717, 1.165) is 0 Å². The Kier molecular flexibility index (Phi) is 4.98. The second-order valence-electron chi connectivity index (χ2n) is 4.35. The maximum Gasteiger partial charge on any atom is 0.314 e. The molecule has 0 saturated carbocycles. The van der Waals surface area contributed by atoms with Gasteiger partial charge >= 0.3 is 11.8 Å². The smallest absolute Gasteiger partial charge is 0.314 e. The fourth-order valence-electron chi connectivity index (χ4n) is 1.79. The Morgan fingerprint density at radius 3 is 2.14 bits per heavy atom. The molecule has 6 heteroatoms. The van der Waals surface area contributed by atoms with Crippen LogP contribution in [-0.2, 0) is 9.59 Å². The molecule has 22 heavy (non-hydrogen) atoms. The van der Waals surface area contributed by atoms with Gasteiger partial charge < -0.3 is 20.5 Å². The Labute approximate surface area is 127 Å². The molecular weight excluding hydrogens is 284 g/mol. The monoisotopic (exact) mass is 300 g/mol. The second-order valence-corrected chi connectivity index (χ2v) is 4.35. The number of phenols is 1. The highest BCUT2D eigenvalue weighted by Crippen LogP contribution is 2.24. The van der Waals surface area contributed by atoms with E-state index in [4.69, 9.17) is 4.74 Å². The molecule has 0 bridgehead atoms. The minimum atomic E-state index is -0.882. The van der Waals surface area contributed by atoms with Crippen LogP contribution in [-0.4, -0.2) is 23.5 Å². The van der Waals surface area contributed by atoms with Crippen molar-refractivity contribution in [2.24, 2.45) is 0 Å². The van der Waals surface area contributed by atoms with Crippen LogP contribution < -0.4 is 15.4 Å². The van der Waals surface area contributed by atoms with Gasteiger partial charge in [-0.25, -0.2) is 0 Å². The summed E-state index contributed by atoms with van der Waals surface area (Å²) >= 11 is 0. The number of carbonyl (C=O) groups is 2. The molecular formula is C16H16N2O4. The van der Waals surface area contributed by atoms with Gasteiger partial charge in [0, 0.05) is 0 Å². The lowest BCUT2D eigenvalue weighted by Crippen LogP contribution is -2.29. The summed E-state index contributed by atoms with van der Waals surface area (Å²) in [6.07, 6.45) is 0. The minimum absolute atomic E-state index is 0.113. The van der Waals surface area contributed by atoms with Crippen molar-refractivity contribution in [1.82, 2.24) is 0 Å². The van der Waals surface area contributed by atoms with E-state index in [0.29, 0.717) is 18.0 Å². The first kappa shape index (κ1) is 15.4. The maximum atomic E-state index is 11.9. The van der Waals surface area contributed by atoms with Crippen LogP contribution in [0.15, 0.2) is 48.5 Å². The van der Waals surface area contributed by atoms with Gasteiger partial charge in [-0.1, -0.05) is 24.3 Å². The molecule has 0 aliphatic rings. The topological polar surface area (TPSA) is 87.7 Å². The van der Waals surface area contributed by atoms with Gasteiger partial charge in [-0.15, -0.1) is 0 Å². The average molecular weight is 300 g/mol. The van der Waals surface area contributed by atoms with E-state index < -0.39 is 11.8 Å². The molecule has 0 aliphatic carbocycles. The standard InChI is InChI=1S/C16H16N2O4/c1-2-22-14-10-6-4-8-12(14)18-16(21)15(20)17-11-7-3-5-9-13(11)19/h3-10,19H,2H2,1H3,(H,17,20)(H,18,21). The van der Waals surface area contributed by atoms with Crippen molar-refractivity contribution in [1.29, 1.82) is 0 Å². The molecule has 2 aromatic rings. The molecule has 6 nitrogen and oxygen atoms in total. The number of aromatic hydroxyl groups is 1. The van der Waals surface area contributed by atoms with Crippen molar-refractivity contribution in [2.45, 2.75) is 6.92 Å². The molecule has 0 radical (unpaired) electrons. The van der Waals surface area contributed by atoms with E-state index in [-0.39, 0.29) is 11.4 Å². The zero-order valence-electron chi connectivity index (χ0n) is 12.0. The van der Waals surface area contributed by atoms with Crippen molar-refractivity contribution in [2.75, 3.05) is 17.2 Å². The van der Waals surface area contributed by atoms with Crippen molar-refractivity contribution < 1.29 is 19.4 Å². The fourth-order valence-corrected chi connectivity index (χ4v) is 1.79. The molecule has 2 rings (SSSR count). The Hall–Kier alpha value is -3.02. The van der Waals surface area contributed by atoms with Crippen LogP contribution in [0.3, 0.4) is 0 Å². The third-order valence-corrected chi connectivity index (χ3v) is 2.79. The molecule has 0 heterocycles. The lowest BCUT2D eigenvalue weighted by Gasteiger charge is -2.11. The molecule has 0 atom stereocenters. The highest BCUT2D eigenvalue weighted by molar-refractivity contribution is 6.43. The molecule has 0 fully saturated rings. The van der Waals surface area contributed by atoms with Gasteiger partial charge in [-0.3, -0.25) is 9.59 Å². The number of hydrogen-bond donors (Lipinski definition) is 3. The molecule has 2 aromatic carbocycles.